The van der Waals surface area contributed by atoms with Crippen LogP contribution in [0.3, 0.4) is 0 Å². The Morgan fingerprint density at radius 3 is 2.50 bits per heavy atom. The Kier molecular flexibility index (Phi) is 6.80. The average molecular weight is 201 g/mol. The molecule has 0 aliphatic rings. The van der Waals surface area contributed by atoms with E-state index in [4.69, 9.17) is 4.74 Å². The van der Waals surface area contributed by atoms with E-state index in [-0.39, 0.29) is 17.8 Å². The van der Waals surface area contributed by atoms with E-state index in [1.165, 1.54) is 6.92 Å². The van der Waals surface area contributed by atoms with Gasteiger partial charge in [-0.15, -0.1) is 0 Å². The normalized spacial score (nSPS) is 11.9. The van der Waals surface area contributed by atoms with E-state index in [9.17, 15) is 9.59 Å². The second-order valence-electron chi connectivity index (χ2n) is 3.20. The van der Waals surface area contributed by atoms with Gasteiger partial charge >= 0.3 is 5.97 Å². The third-order valence-corrected chi connectivity index (χ3v) is 2.11. The Balaban J connectivity index is 3.63. The largest absolute Gasteiger partial charge is 0.466 e. The number of amides is 1. The molecule has 1 N–H and O–H groups in total. The molecule has 0 aromatic rings. The SMILES string of the molecule is CCC(CCCOC(C)=O)C(=O)NC. The topological polar surface area (TPSA) is 55.4 Å². The van der Waals surface area contributed by atoms with Crippen LogP contribution in [-0.2, 0) is 14.3 Å². The lowest BCUT2D eigenvalue weighted by molar-refractivity contribution is -0.141. The van der Waals surface area contributed by atoms with E-state index in [1.807, 2.05) is 6.92 Å². The maximum Gasteiger partial charge on any atom is 0.302 e. The monoisotopic (exact) mass is 201 g/mol. The van der Waals surface area contributed by atoms with Crippen LogP contribution in [0.2, 0.25) is 0 Å². The maximum atomic E-state index is 11.3. The first kappa shape index (κ1) is 12.9. The van der Waals surface area contributed by atoms with Crippen molar-refractivity contribution in [3.05, 3.63) is 0 Å². The van der Waals surface area contributed by atoms with Crippen LogP contribution in [0.5, 0.6) is 0 Å². The standard InChI is InChI=1S/C10H19NO3/c1-4-9(10(13)11-3)6-5-7-14-8(2)12/h9H,4-7H2,1-3H3,(H,11,13). The fourth-order valence-corrected chi connectivity index (χ4v) is 1.27. The second-order valence-corrected chi connectivity index (χ2v) is 3.20. The van der Waals surface area contributed by atoms with Gasteiger partial charge in [-0.1, -0.05) is 6.92 Å². The summed E-state index contributed by atoms with van der Waals surface area (Å²) in [4.78, 5) is 21.7. The summed E-state index contributed by atoms with van der Waals surface area (Å²) in [6.45, 7) is 3.77. The summed E-state index contributed by atoms with van der Waals surface area (Å²) in [5.74, 6) is -0.163. The molecule has 0 saturated carbocycles. The molecule has 0 saturated heterocycles. The van der Waals surface area contributed by atoms with E-state index in [1.54, 1.807) is 7.05 Å². The Hall–Kier alpha value is -1.06. The smallest absolute Gasteiger partial charge is 0.302 e. The molecule has 4 nitrogen and oxygen atoms in total. The van der Waals surface area contributed by atoms with Crippen molar-refractivity contribution in [3.8, 4) is 0 Å². The summed E-state index contributed by atoms with van der Waals surface area (Å²) in [6.07, 6.45) is 2.33. The predicted octanol–water partition coefficient (Wildman–Crippen LogP) is 1.10. The molecule has 1 unspecified atom stereocenters. The molecule has 0 fully saturated rings. The Morgan fingerprint density at radius 2 is 2.07 bits per heavy atom. The fourth-order valence-electron chi connectivity index (χ4n) is 1.27. The first-order chi connectivity index (χ1) is 6.61. The zero-order valence-electron chi connectivity index (χ0n) is 9.13. The van der Waals surface area contributed by atoms with Gasteiger partial charge in [0.2, 0.25) is 5.91 Å². The van der Waals surface area contributed by atoms with Crippen LogP contribution in [0.15, 0.2) is 0 Å². The summed E-state index contributed by atoms with van der Waals surface area (Å²) in [5, 5.41) is 2.62. The lowest BCUT2D eigenvalue weighted by atomic mass is 10.00. The van der Waals surface area contributed by atoms with Gasteiger partial charge in [-0.25, -0.2) is 0 Å². The summed E-state index contributed by atoms with van der Waals surface area (Å²) in [6, 6.07) is 0. The van der Waals surface area contributed by atoms with Crippen LogP contribution in [0, 0.1) is 5.92 Å². The zero-order chi connectivity index (χ0) is 11.0. The van der Waals surface area contributed by atoms with Gasteiger partial charge in [0.1, 0.15) is 0 Å². The van der Waals surface area contributed by atoms with Gasteiger partial charge in [0, 0.05) is 19.9 Å². The molecule has 0 aliphatic heterocycles. The van der Waals surface area contributed by atoms with Gasteiger partial charge < -0.3 is 10.1 Å². The lowest BCUT2D eigenvalue weighted by Crippen LogP contribution is -2.27. The number of carbonyl (C=O) groups is 2. The van der Waals surface area contributed by atoms with Crippen molar-refractivity contribution >= 4 is 11.9 Å². The zero-order valence-corrected chi connectivity index (χ0v) is 9.13. The third kappa shape index (κ3) is 5.56. The van der Waals surface area contributed by atoms with Gasteiger partial charge in [-0.05, 0) is 19.3 Å². The highest BCUT2D eigenvalue weighted by molar-refractivity contribution is 5.78. The highest BCUT2D eigenvalue weighted by Gasteiger charge is 2.13. The van der Waals surface area contributed by atoms with Gasteiger partial charge in [-0.2, -0.15) is 0 Å². The molecule has 1 atom stereocenters. The number of hydrogen-bond acceptors (Lipinski definition) is 3. The number of esters is 1. The summed E-state index contributed by atoms with van der Waals surface area (Å²) in [7, 11) is 1.64. The van der Waals surface area contributed by atoms with E-state index in [2.05, 4.69) is 5.32 Å². The lowest BCUT2D eigenvalue weighted by Gasteiger charge is -2.12. The molecule has 0 heterocycles. The number of rotatable bonds is 6. The summed E-state index contributed by atoms with van der Waals surface area (Å²) in [5.41, 5.74) is 0. The maximum absolute atomic E-state index is 11.3. The van der Waals surface area contributed by atoms with Crippen molar-refractivity contribution in [1.82, 2.24) is 5.32 Å². The highest BCUT2D eigenvalue weighted by atomic mass is 16.5. The second kappa shape index (κ2) is 7.35. The molecule has 14 heavy (non-hydrogen) atoms. The average Bonchev–Trinajstić information content (AvgIpc) is 2.16. The first-order valence-corrected chi connectivity index (χ1v) is 4.96. The number of carbonyl (C=O) groups excluding carboxylic acids is 2. The Morgan fingerprint density at radius 1 is 1.43 bits per heavy atom. The van der Waals surface area contributed by atoms with Gasteiger partial charge in [0.25, 0.3) is 0 Å². The van der Waals surface area contributed by atoms with Crippen molar-refractivity contribution in [3.63, 3.8) is 0 Å². The molecule has 1 amide bonds. The molecular formula is C10H19NO3. The quantitative estimate of drug-likeness (QED) is 0.517. The number of nitrogens with one attached hydrogen (secondary N) is 1. The van der Waals surface area contributed by atoms with Crippen LogP contribution in [0.25, 0.3) is 0 Å². The van der Waals surface area contributed by atoms with Gasteiger partial charge in [0.15, 0.2) is 0 Å². The molecule has 82 valence electrons. The van der Waals surface area contributed by atoms with Crippen LogP contribution in [0.1, 0.15) is 33.1 Å². The number of ether oxygens (including phenoxy) is 1. The molecule has 0 bridgehead atoms. The van der Waals surface area contributed by atoms with Gasteiger partial charge in [-0.3, -0.25) is 9.59 Å². The van der Waals surface area contributed by atoms with E-state index in [0.29, 0.717) is 6.61 Å². The van der Waals surface area contributed by atoms with Crippen LogP contribution in [-0.4, -0.2) is 25.5 Å². The first-order valence-electron chi connectivity index (χ1n) is 4.96. The van der Waals surface area contributed by atoms with E-state index >= 15 is 0 Å². The number of hydrogen-bond donors (Lipinski definition) is 1. The van der Waals surface area contributed by atoms with Crippen molar-refractivity contribution in [2.75, 3.05) is 13.7 Å². The van der Waals surface area contributed by atoms with E-state index < -0.39 is 0 Å². The Bertz CT molecular complexity index is 192. The summed E-state index contributed by atoms with van der Waals surface area (Å²) >= 11 is 0. The van der Waals surface area contributed by atoms with Crippen LogP contribution in [0.4, 0.5) is 0 Å². The molecule has 4 heteroatoms. The molecule has 0 rings (SSSR count). The summed E-state index contributed by atoms with van der Waals surface area (Å²) < 4.78 is 4.78. The predicted molar refractivity (Wildman–Crippen MR) is 53.7 cm³/mol. The molecule has 0 aliphatic carbocycles. The minimum Gasteiger partial charge on any atom is -0.466 e. The minimum atomic E-state index is -0.266. The van der Waals surface area contributed by atoms with Crippen LogP contribution >= 0.6 is 0 Å². The fraction of sp³-hybridized carbons (Fsp3) is 0.800. The van der Waals surface area contributed by atoms with E-state index in [0.717, 1.165) is 19.3 Å². The molecule has 0 radical (unpaired) electrons. The van der Waals surface area contributed by atoms with Crippen molar-refractivity contribution in [2.24, 2.45) is 5.92 Å². The molecule has 0 aromatic heterocycles. The minimum absolute atomic E-state index is 0.0376. The Labute approximate surface area is 85.0 Å². The highest BCUT2D eigenvalue weighted by Crippen LogP contribution is 2.10. The third-order valence-electron chi connectivity index (χ3n) is 2.11. The van der Waals surface area contributed by atoms with Crippen molar-refractivity contribution < 1.29 is 14.3 Å². The molecular weight excluding hydrogens is 182 g/mol. The van der Waals surface area contributed by atoms with Gasteiger partial charge in [0.05, 0.1) is 6.61 Å². The molecule has 0 aromatic carbocycles. The van der Waals surface area contributed by atoms with Crippen molar-refractivity contribution in [1.29, 1.82) is 0 Å². The van der Waals surface area contributed by atoms with Crippen LogP contribution < -0.4 is 5.32 Å². The molecule has 0 spiro atoms. The van der Waals surface area contributed by atoms with Crippen molar-refractivity contribution in [2.45, 2.75) is 33.1 Å².